The molecule has 19 heavy (non-hydrogen) atoms. The second-order valence-electron chi connectivity index (χ2n) is 3.65. The van der Waals surface area contributed by atoms with Crippen molar-refractivity contribution < 1.29 is 9.53 Å². The van der Waals surface area contributed by atoms with E-state index < -0.39 is 0 Å². The fourth-order valence-corrected chi connectivity index (χ4v) is 2.51. The van der Waals surface area contributed by atoms with Gasteiger partial charge in [-0.25, -0.2) is 0 Å². The van der Waals surface area contributed by atoms with Crippen LogP contribution in [0.2, 0.25) is 10.0 Å². The number of ether oxygens (including phenoxy) is 1. The van der Waals surface area contributed by atoms with Crippen LogP contribution in [-0.2, 0) is 4.79 Å². The van der Waals surface area contributed by atoms with Gasteiger partial charge in [0.2, 0.25) is 0 Å². The van der Waals surface area contributed by atoms with Crippen LogP contribution in [0.25, 0.3) is 0 Å². The van der Waals surface area contributed by atoms with E-state index in [1.54, 1.807) is 12.1 Å². The molecule has 0 aromatic heterocycles. The number of thioether (sulfide) groups is 1. The van der Waals surface area contributed by atoms with E-state index in [2.05, 4.69) is 0 Å². The quantitative estimate of drug-likeness (QED) is 0.465. The first kappa shape index (κ1) is 14.3. The van der Waals surface area contributed by atoms with E-state index in [1.165, 1.54) is 17.8 Å². The van der Waals surface area contributed by atoms with E-state index in [0.29, 0.717) is 15.8 Å². The van der Waals surface area contributed by atoms with Gasteiger partial charge in [-0.1, -0.05) is 41.4 Å². The zero-order valence-corrected chi connectivity index (χ0v) is 12.1. The minimum atomic E-state index is -0.349. The second kappa shape index (κ2) is 6.85. The Bertz CT molecular complexity index is 573. The van der Waals surface area contributed by atoms with E-state index in [1.807, 2.05) is 30.3 Å². The van der Waals surface area contributed by atoms with Crippen LogP contribution in [0.3, 0.4) is 0 Å². The Hall–Kier alpha value is -1.16. The summed E-state index contributed by atoms with van der Waals surface area (Å²) in [5.74, 6) is 0.200. The average Bonchev–Trinajstić information content (AvgIpc) is 2.41. The molecular formula is C14H10Cl2O2S. The smallest absolute Gasteiger partial charge is 0.321 e. The second-order valence-corrected chi connectivity index (χ2v) is 5.54. The van der Waals surface area contributed by atoms with Crippen molar-refractivity contribution in [3.8, 4) is 5.75 Å². The predicted octanol–water partition coefficient (Wildman–Crippen LogP) is 4.69. The molecule has 98 valence electrons. The van der Waals surface area contributed by atoms with Crippen LogP contribution in [0, 0.1) is 0 Å². The molecule has 0 bridgehead atoms. The van der Waals surface area contributed by atoms with Crippen LogP contribution >= 0.6 is 35.0 Å². The summed E-state index contributed by atoms with van der Waals surface area (Å²) < 4.78 is 5.17. The van der Waals surface area contributed by atoms with Crippen molar-refractivity contribution >= 4 is 40.9 Å². The summed E-state index contributed by atoms with van der Waals surface area (Å²) in [6, 6.07) is 14.4. The van der Waals surface area contributed by atoms with Crippen molar-refractivity contribution in [2.24, 2.45) is 0 Å². The van der Waals surface area contributed by atoms with Gasteiger partial charge in [-0.15, -0.1) is 11.8 Å². The molecule has 0 N–H and O–H groups in total. The molecule has 2 rings (SSSR count). The van der Waals surface area contributed by atoms with Gasteiger partial charge >= 0.3 is 5.97 Å². The van der Waals surface area contributed by atoms with Crippen LogP contribution < -0.4 is 4.74 Å². The van der Waals surface area contributed by atoms with Gasteiger partial charge in [0, 0.05) is 9.92 Å². The maximum absolute atomic E-state index is 11.7. The molecule has 2 aromatic rings. The van der Waals surface area contributed by atoms with Crippen LogP contribution in [0.1, 0.15) is 0 Å². The zero-order valence-electron chi connectivity index (χ0n) is 9.81. The van der Waals surface area contributed by atoms with E-state index in [-0.39, 0.29) is 11.7 Å². The normalized spacial score (nSPS) is 10.2. The minimum Gasteiger partial charge on any atom is -0.424 e. The topological polar surface area (TPSA) is 26.3 Å². The number of carbonyl (C=O) groups excluding carboxylic acids is 1. The molecule has 0 saturated carbocycles. The van der Waals surface area contributed by atoms with Gasteiger partial charge in [0.05, 0.1) is 10.8 Å². The SMILES string of the molecule is O=C(CSc1ccccc1)Oc1ccc(Cl)cc1Cl. The van der Waals surface area contributed by atoms with E-state index >= 15 is 0 Å². The molecule has 0 saturated heterocycles. The van der Waals surface area contributed by atoms with Gasteiger partial charge in [0.25, 0.3) is 0 Å². The lowest BCUT2D eigenvalue weighted by molar-refractivity contribution is -0.131. The highest BCUT2D eigenvalue weighted by Gasteiger charge is 2.09. The monoisotopic (exact) mass is 312 g/mol. The summed E-state index contributed by atoms with van der Waals surface area (Å²) in [5, 5.41) is 0.828. The Balaban J connectivity index is 1.91. The van der Waals surface area contributed by atoms with Gasteiger partial charge in [0.15, 0.2) is 0 Å². The van der Waals surface area contributed by atoms with Crippen LogP contribution in [0.15, 0.2) is 53.4 Å². The number of rotatable bonds is 4. The highest BCUT2D eigenvalue weighted by molar-refractivity contribution is 8.00. The van der Waals surface area contributed by atoms with Crippen LogP contribution in [0.5, 0.6) is 5.75 Å². The minimum absolute atomic E-state index is 0.225. The first-order valence-corrected chi connectivity index (χ1v) is 7.23. The van der Waals surface area contributed by atoms with Crippen molar-refractivity contribution in [1.29, 1.82) is 0 Å². The van der Waals surface area contributed by atoms with E-state index in [9.17, 15) is 4.79 Å². The summed E-state index contributed by atoms with van der Waals surface area (Å²) in [5.41, 5.74) is 0. The lowest BCUT2D eigenvalue weighted by Gasteiger charge is -2.06. The van der Waals surface area contributed by atoms with Crippen molar-refractivity contribution in [3.63, 3.8) is 0 Å². The first-order valence-electron chi connectivity index (χ1n) is 5.49. The molecule has 0 aliphatic heterocycles. The molecule has 2 nitrogen and oxygen atoms in total. The van der Waals surface area contributed by atoms with Crippen molar-refractivity contribution in [2.45, 2.75) is 4.90 Å². The molecule has 0 heterocycles. The van der Waals surface area contributed by atoms with E-state index in [4.69, 9.17) is 27.9 Å². The third kappa shape index (κ3) is 4.46. The standard InChI is InChI=1S/C14H10Cl2O2S/c15-10-6-7-13(12(16)8-10)18-14(17)9-19-11-4-2-1-3-5-11/h1-8H,9H2. The van der Waals surface area contributed by atoms with Gasteiger partial charge in [0.1, 0.15) is 5.75 Å². The molecule has 0 aliphatic carbocycles. The molecule has 0 atom stereocenters. The van der Waals surface area contributed by atoms with Crippen LogP contribution in [-0.4, -0.2) is 11.7 Å². The molecule has 5 heteroatoms. The fourth-order valence-electron chi connectivity index (χ4n) is 1.37. The first-order chi connectivity index (χ1) is 9.15. The Morgan fingerprint density at radius 3 is 2.53 bits per heavy atom. The fraction of sp³-hybridized carbons (Fsp3) is 0.0714. The van der Waals surface area contributed by atoms with Crippen molar-refractivity contribution in [3.05, 3.63) is 58.6 Å². The van der Waals surface area contributed by atoms with Crippen molar-refractivity contribution in [2.75, 3.05) is 5.75 Å². The molecule has 0 spiro atoms. The number of esters is 1. The summed E-state index contributed by atoms with van der Waals surface area (Å²) in [7, 11) is 0. The Morgan fingerprint density at radius 2 is 1.84 bits per heavy atom. The third-order valence-corrected chi connectivity index (χ3v) is 3.73. The maximum Gasteiger partial charge on any atom is 0.321 e. The summed E-state index contributed by atoms with van der Waals surface area (Å²) >= 11 is 13.1. The zero-order chi connectivity index (χ0) is 13.7. The van der Waals surface area contributed by atoms with Gasteiger partial charge in [-0.2, -0.15) is 0 Å². The average molecular weight is 313 g/mol. The maximum atomic E-state index is 11.7. The molecule has 0 amide bonds. The lowest BCUT2D eigenvalue weighted by Crippen LogP contribution is -2.10. The van der Waals surface area contributed by atoms with Gasteiger partial charge in [-0.3, -0.25) is 4.79 Å². The molecule has 0 fully saturated rings. The van der Waals surface area contributed by atoms with Crippen LogP contribution in [0.4, 0.5) is 0 Å². The molecular weight excluding hydrogens is 303 g/mol. The molecule has 0 radical (unpaired) electrons. The summed E-state index contributed by atoms with van der Waals surface area (Å²) in [6.45, 7) is 0. The van der Waals surface area contributed by atoms with E-state index in [0.717, 1.165) is 4.90 Å². The molecule has 0 aliphatic rings. The largest absolute Gasteiger partial charge is 0.424 e. The predicted molar refractivity (Wildman–Crippen MR) is 79.3 cm³/mol. The Kier molecular flexibility index (Phi) is 5.14. The highest BCUT2D eigenvalue weighted by Crippen LogP contribution is 2.28. The number of halogens is 2. The number of carbonyl (C=O) groups is 1. The summed E-state index contributed by atoms with van der Waals surface area (Å²) in [6.07, 6.45) is 0. The molecule has 2 aromatic carbocycles. The number of benzene rings is 2. The third-order valence-electron chi connectivity index (χ3n) is 2.22. The Morgan fingerprint density at radius 1 is 1.11 bits per heavy atom. The lowest BCUT2D eigenvalue weighted by atomic mass is 10.3. The van der Waals surface area contributed by atoms with Gasteiger partial charge in [-0.05, 0) is 30.3 Å². The van der Waals surface area contributed by atoms with Gasteiger partial charge < -0.3 is 4.74 Å². The number of hydrogen-bond donors (Lipinski definition) is 0. The highest BCUT2D eigenvalue weighted by atomic mass is 35.5. The summed E-state index contributed by atoms with van der Waals surface area (Å²) in [4.78, 5) is 12.7. The molecule has 0 unspecified atom stereocenters. The Labute approximate surface area is 125 Å². The number of hydrogen-bond acceptors (Lipinski definition) is 3. The van der Waals surface area contributed by atoms with Crippen molar-refractivity contribution in [1.82, 2.24) is 0 Å².